The Morgan fingerprint density at radius 1 is 1.19 bits per heavy atom. The van der Waals surface area contributed by atoms with Crippen molar-refractivity contribution in [2.45, 2.75) is 48.7 Å². The molecule has 21 heavy (non-hydrogen) atoms. The predicted molar refractivity (Wildman–Crippen MR) is 80.0 cm³/mol. The molecule has 0 aliphatic carbocycles. The van der Waals surface area contributed by atoms with Crippen molar-refractivity contribution in [2.75, 3.05) is 6.26 Å². The van der Waals surface area contributed by atoms with Crippen LogP contribution in [0.5, 0.6) is 0 Å². The van der Waals surface area contributed by atoms with Crippen molar-refractivity contribution in [3.8, 4) is 0 Å². The van der Waals surface area contributed by atoms with Crippen LogP contribution in [-0.2, 0) is 9.84 Å². The van der Waals surface area contributed by atoms with E-state index in [0.29, 0.717) is 12.1 Å². The molecule has 114 valence electrons. The lowest BCUT2D eigenvalue weighted by molar-refractivity contribution is 0.0920. The number of carbonyl (C=O) groups is 1. The monoisotopic (exact) mass is 308 g/mol. The minimum absolute atomic E-state index is 0.0967. The van der Waals surface area contributed by atoms with Crippen molar-refractivity contribution in [1.82, 2.24) is 10.6 Å². The highest BCUT2D eigenvalue weighted by atomic mass is 32.2. The fourth-order valence-corrected chi connectivity index (χ4v) is 4.30. The summed E-state index contributed by atoms with van der Waals surface area (Å²) < 4.78 is 23.5. The van der Waals surface area contributed by atoms with Crippen molar-refractivity contribution < 1.29 is 13.2 Å². The normalized spacial score (nSPS) is 28.3. The fraction of sp³-hybridized carbons (Fsp3) is 0.533. The molecular weight excluding hydrogens is 288 g/mol. The third-order valence-electron chi connectivity index (χ3n) is 4.34. The third kappa shape index (κ3) is 3.11. The van der Waals surface area contributed by atoms with Gasteiger partial charge in [-0.3, -0.25) is 4.79 Å². The van der Waals surface area contributed by atoms with Crippen LogP contribution in [0.4, 0.5) is 0 Å². The first-order chi connectivity index (χ1) is 9.93. The van der Waals surface area contributed by atoms with E-state index < -0.39 is 9.84 Å². The zero-order valence-corrected chi connectivity index (χ0v) is 12.8. The van der Waals surface area contributed by atoms with E-state index in [2.05, 4.69) is 10.6 Å². The summed E-state index contributed by atoms with van der Waals surface area (Å²) in [4.78, 5) is 12.5. The van der Waals surface area contributed by atoms with E-state index >= 15 is 0 Å². The van der Waals surface area contributed by atoms with Gasteiger partial charge in [0.2, 0.25) is 0 Å². The molecular formula is C15H20N2O3S. The number of amides is 1. The van der Waals surface area contributed by atoms with Crippen LogP contribution in [0.25, 0.3) is 0 Å². The first-order valence-electron chi connectivity index (χ1n) is 7.29. The molecule has 0 aromatic heterocycles. The van der Waals surface area contributed by atoms with Crippen LogP contribution in [-0.4, -0.2) is 38.7 Å². The summed E-state index contributed by atoms with van der Waals surface area (Å²) in [6.07, 6.45) is 5.30. The van der Waals surface area contributed by atoms with Gasteiger partial charge in [0.1, 0.15) is 0 Å². The molecule has 2 bridgehead atoms. The van der Waals surface area contributed by atoms with Gasteiger partial charge < -0.3 is 10.6 Å². The summed E-state index contributed by atoms with van der Waals surface area (Å²) in [5.74, 6) is -0.290. The number of piperidine rings is 1. The highest BCUT2D eigenvalue weighted by Gasteiger charge is 2.34. The van der Waals surface area contributed by atoms with Gasteiger partial charge in [0.05, 0.1) is 10.5 Å². The molecule has 5 nitrogen and oxygen atoms in total. The quantitative estimate of drug-likeness (QED) is 0.877. The fourth-order valence-electron chi connectivity index (χ4n) is 3.42. The molecule has 2 atom stereocenters. The summed E-state index contributed by atoms with van der Waals surface area (Å²) in [6.45, 7) is 0. The largest absolute Gasteiger partial charge is 0.349 e. The second-order valence-electron chi connectivity index (χ2n) is 6.05. The van der Waals surface area contributed by atoms with Crippen LogP contribution in [0.2, 0.25) is 0 Å². The number of sulfone groups is 1. The van der Waals surface area contributed by atoms with Crippen molar-refractivity contribution in [2.24, 2.45) is 0 Å². The van der Waals surface area contributed by atoms with Crippen molar-refractivity contribution in [3.63, 3.8) is 0 Å². The molecule has 1 amide bonds. The van der Waals surface area contributed by atoms with E-state index in [0.717, 1.165) is 31.9 Å². The molecule has 0 radical (unpaired) electrons. The Hall–Kier alpha value is -1.40. The third-order valence-corrected chi connectivity index (χ3v) is 5.49. The second kappa shape index (κ2) is 5.42. The molecule has 2 aliphatic rings. The Kier molecular flexibility index (Phi) is 3.75. The van der Waals surface area contributed by atoms with Gasteiger partial charge in [-0.05, 0) is 37.8 Å². The molecule has 0 spiro atoms. The Labute approximate surface area is 125 Å². The maximum absolute atomic E-state index is 12.4. The minimum Gasteiger partial charge on any atom is -0.349 e. The van der Waals surface area contributed by atoms with E-state index in [4.69, 9.17) is 0 Å². The van der Waals surface area contributed by atoms with E-state index in [1.54, 1.807) is 18.2 Å². The number of rotatable bonds is 3. The molecule has 3 rings (SSSR count). The number of hydrogen-bond acceptors (Lipinski definition) is 4. The molecule has 2 saturated heterocycles. The highest BCUT2D eigenvalue weighted by molar-refractivity contribution is 7.90. The zero-order chi connectivity index (χ0) is 15.0. The van der Waals surface area contributed by atoms with E-state index in [1.807, 2.05) is 0 Å². The van der Waals surface area contributed by atoms with Gasteiger partial charge in [-0.1, -0.05) is 12.1 Å². The van der Waals surface area contributed by atoms with Gasteiger partial charge in [-0.2, -0.15) is 0 Å². The Morgan fingerprint density at radius 3 is 2.43 bits per heavy atom. The summed E-state index contributed by atoms with van der Waals surface area (Å²) >= 11 is 0. The maximum Gasteiger partial charge on any atom is 0.252 e. The van der Waals surface area contributed by atoms with Crippen LogP contribution < -0.4 is 10.6 Å². The SMILES string of the molecule is CS(=O)(=O)c1ccccc1C(=O)NC1CC2CCC(C1)N2. The highest BCUT2D eigenvalue weighted by Crippen LogP contribution is 2.27. The smallest absolute Gasteiger partial charge is 0.252 e. The summed E-state index contributed by atoms with van der Waals surface area (Å²) in [5.41, 5.74) is 0.242. The Bertz CT molecular complexity index is 645. The molecule has 2 unspecified atom stereocenters. The molecule has 2 N–H and O–H groups in total. The zero-order valence-electron chi connectivity index (χ0n) is 12.0. The first kappa shape index (κ1) is 14.5. The first-order valence-corrected chi connectivity index (χ1v) is 9.18. The van der Waals surface area contributed by atoms with Gasteiger partial charge in [0, 0.05) is 24.4 Å². The number of carbonyl (C=O) groups excluding carboxylic acids is 1. The van der Waals surface area contributed by atoms with Crippen molar-refractivity contribution in [3.05, 3.63) is 29.8 Å². The predicted octanol–water partition coefficient (Wildman–Crippen LogP) is 1.10. The standard InChI is InChI=1S/C15H20N2O3S/c1-21(19,20)14-5-3-2-4-13(14)15(18)17-12-8-10-6-7-11(9-12)16-10/h2-5,10-12,16H,6-9H2,1H3,(H,17,18). The molecule has 2 heterocycles. The molecule has 1 aromatic carbocycles. The second-order valence-corrected chi connectivity index (χ2v) is 8.03. The van der Waals surface area contributed by atoms with Crippen molar-refractivity contribution in [1.29, 1.82) is 0 Å². The van der Waals surface area contributed by atoms with E-state index in [9.17, 15) is 13.2 Å². The van der Waals surface area contributed by atoms with Crippen molar-refractivity contribution >= 4 is 15.7 Å². The van der Waals surface area contributed by atoms with Gasteiger partial charge in [0.25, 0.3) is 5.91 Å². The molecule has 0 saturated carbocycles. The summed E-state index contributed by atoms with van der Waals surface area (Å²) in [7, 11) is -3.40. The number of benzene rings is 1. The van der Waals surface area contributed by atoms with Crippen LogP contribution in [0.15, 0.2) is 29.2 Å². The summed E-state index contributed by atoms with van der Waals surface area (Å²) in [5, 5.41) is 6.53. The molecule has 6 heteroatoms. The van der Waals surface area contributed by atoms with Crippen LogP contribution in [0.3, 0.4) is 0 Å². The number of hydrogen-bond donors (Lipinski definition) is 2. The lowest BCUT2D eigenvalue weighted by Crippen LogP contribution is -2.48. The van der Waals surface area contributed by atoms with Gasteiger partial charge in [-0.15, -0.1) is 0 Å². The van der Waals surface area contributed by atoms with Gasteiger partial charge in [0.15, 0.2) is 9.84 Å². The summed E-state index contributed by atoms with van der Waals surface area (Å²) in [6, 6.07) is 7.48. The number of nitrogens with one attached hydrogen (secondary N) is 2. The topological polar surface area (TPSA) is 75.3 Å². The Balaban J connectivity index is 1.77. The lowest BCUT2D eigenvalue weighted by atomic mass is 9.99. The maximum atomic E-state index is 12.4. The number of fused-ring (bicyclic) bond motifs is 2. The van der Waals surface area contributed by atoms with E-state index in [1.165, 1.54) is 6.07 Å². The van der Waals surface area contributed by atoms with Gasteiger partial charge >= 0.3 is 0 Å². The molecule has 2 aliphatic heterocycles. The molecule has 2 fully saturated rings. The Morgan fingerprint density at radius 2 is 1.81 bits per heavy atom. The van der Waals surface area contributed by atoms with Crippen LogP contribution in [0.1, 0.15) is 36.0 Å². The van der Waals surface area contributed by atoms with Gasteiger partial charge in [-0.25, -0.2) is 8.42 Å². The van der Waals surface area contributed by atoms with E-state index in [-0.39, 0.29) is 22.4 Å². The average molecular weight is 308 g/mol. The van der Waals surface area contributed by atoms with Crippen LogP contribution >= 0.6 is 0 Å². The molecule has 1 aromatic rings. The minimum atomic E-state index is -3.40. The lowest BCUT2D eigenvalue weighted by Gasteiger charge is -2.29. The van der Waals surface area contributed by atoms with Crippen LogP contribution in [0, 0.1) is 0 Å². The average Bonchev–Trinajstić information content (AvgIpc) is 2.77.